The molecule has 0 spiro atoms. The van der Waals surface area contributed by atoms with Crippen molar-refractivity contribution >= 4 is 17.6 Å². The number of pyridine rings is 1. The van der Waals surface area contributed by atoms with Crippen LogP contribution in [-0.4, -0.2) is 23.0 Å². The highest BCUT2D eigenvalue weighted by Crippen LogP contribution is 2.11. The first kappa shape index (κ1) is 11.3. The van der Waals surface area contributed by atoms with Crippen LogP contribution in [0.5, 0.6) is 0 Å². The summed E-state index contributed by atoms with van der Waals surface area (Å²) in [7, 11) is 0. The highest BCUT2D eigenvalue weighted by molar-refractivity contribution is 7.98. The number of hydrogen-bond acceptors (Lipinski definition) is 5. The van der Waals surface area contributed by atoms with Crippen LogP contribution in [0.4, 0.5) is 5.82 Å². The smallest absolute Gasteiger partial charge is 0.126 e. The molecule has 0 amide bonds. The molecule has 0 aromatic carbocycles. The minimum atomic E-state index is 0.247. The van der Waals surface area contributed by atoms with E-state index in [-0.39, 0.29) is 6.04 Å². The fourth-order valence-corrected chi connectivity index (χ4v) is 1.87. The maximum absolute atomic E-state index is 5.73. The van der Waals surface area contributed by atoms with E-state index in [0.717, 1.165) is 17.7 Å². The molecule has 0 radical (unpaired) electrons. The summed E-state index contributed by atoms with van der Waals surface area (Å²) in [5.41, 5.74) is 9.55. The summed E-state index contributed by atoms with van der Waals surface area (Å²) in [5.74, 6) is 6.99. The van der Waals surface area contributed by atoms with Crippen molar-refractivity contribution in [2.75, 3.05) is 17.7 Å². The molecule has 1 heterocycles. The summed E-state index contributed by atoms with van der Waals surface area (Å²) in [6.07, 6.45) is 4.56. The van der Waals surface area contributed by atoms with Crippen LogP contribution in [0.1, 0.15) is 5.56 Å². The molecule has 0 saturated carbocycles. The van der Waals surface area contributed by atoms with E-state index in [1.165, 1.54) is 0 Å². The number of anilines is 1. The molecule has 0 aliphatic heterocycles. The van der Waals surface area contributed by atoms with Gasteiger partial charge < -0.3 is 5.73 Å². The van der Waals surface area contributed by atoms with Crippen molar-refractivity contribution in [1.82, 2.24) is 10.4 Å². The van der Waals surface area contributed by atoms with Crippen LogP contribution in [0, 0.1) is 0 Å². The van der Waals surface area contributed by atoms with E-state index < -0.39 is 0 Å². The summed E-state index contributed by atoms with van der Waals surface area (Å²) in [6.45, 7) is 0. The molecular weight excluding hydrogens is 196 g/mol. The minimum absolute atomic E-state index is 0.247. The van der Waals surface area contributed by atoms with Crippen molar-refractivity contribution in [1.29, 1.82) is 0 Å². The summed E-state index contributed by atoms with van der Waals surface area (Å²) >= 11 is 1.76. The Labute approximate surface area is 88.4 Å². The van der Waals surface area contributed by atoms with Crippen LogP contribution in [0.25, 0.3) is 0 Å². The predicted octanol–water partition coefficient (Wildman–Crippen LogP) is 0.401. The predicted molar refractivity (Wildman–Crippen MR) is 61.8 cm³/mol. The minimum Gasteiger partial charge on any atom is -0.383 e. The maximum atomic E-state index is 5.73. The second-order valence-electron chi connectivity index (χ2n) is 3.07. The zero-order valence-electron chi connectivity index (χ0n) is 8.23. The number of nitrogens with two attached hydrogens (primary N) is 2. The first-order valence-electron chi connectivity index (χ1n) is 4.42. The number of hydrazine groups is 1. The second-order valence-corrected chi connectivity index (χ2v) is 3.98. The van der Waals surface area contributed by atoms with Gasteiger partial charge in [-0.1, -0.05) is 6.07 Å². The zero-order chi connectivity index (χ0) is 10.4. The molecule has 1 aromatic rings. The summed E-state index contributed by atoms with van der Waals surface area (Å²) in [4.78, 5) is 4.03. The Morgan fingerprint density at radius 2 is 2.43 bits per heavy atom. The van der Waals surface area contributed by atoms with E-state index in [1.54, 1.807) is 18.0 Å². The molecule has 0 bridgehead atoms. The molecule has 1 atom stereocenters. The summed E-state index contributed by atoms with van der Waals surface area (Å²) < 4.78 is 0. The van der Waals surface area contributed by atoms with E-state index in [4.69, 9.17) is 11.6 Å². The van der Waals surface area contributed by atoms with Crippen molar-refractivity contribution in [3.8, 4) is 0 Å². The average Bonchev–Trinajstić information content (AvgIpc) is 2.20. The Morgan fingerprint density at radius 3 is 3.00 bits per heavy atom. The van der Waals surface area contributed by atoms with Gasteiger partial charge in [-0.15, -0.1) is 0 Å². The third kappa shape index (κ3) is 3.17. The number of nitrogens with zero attached hydrogens (tertiary/aromatic N) is 1. The highest BCUT2D eigenvalue weighted by Gasteiger charge is 2.08. The molecule has 0 aliphatic rings. The highest BCUT2D eigenvalue weighted by atomic mass is 32.2. The molecule has 5 N–H and O–H groups in total. The van der Waals surface area contributed by atoms with Crippen LogP contribution in [0.3, 0.4) is 0 Å². The molecule has 0 fully saturated rings. The van der Waals surface area contributed by atoms with Crippen molar-refractivity contribution in [2.45, 2.75) is 12.5 Å². The number of aromatic nitrogens is 1. The van der Waals surface area contributed by atoms with Gasteiger partial charge in [-0.05, 0) is 24.3 Å². The Bertz CT molecular complexity index is 279. The van der Waals surface area contributed by atoms with Gasteiger partial charge in [0.2, 0.25) is 0 Å². The molecule has 4 nitrogen and oxygen atoms in total. The SMILES string of the molecule is CSCC(Cc1cccnc1N)NN. The Kier molecular flexibility index (Phi) is 4.72. The van der Waals surface area contributed by atoms with E-state index in [0.29, 0.717) is 5.82 Å². The van der Waals surface area contributed by atoms with Crippen molar-refractivity contribution in [3.63, 3.8) is 0 Å². The van der Waals surface area contributed by atoms with Gasteiger partial charge in [0.1, 0.15) is 5.82 Å². The van der Waals surface area contributed by atoms with E-state index in [1.807, 2.05) is 12.1 Å². The first-order chi connectivity index (χ1) is 6.77. The Balaban J connectivity index is 2.62. The molecule has 1 rings (SSSR count). The number of nitrogens with one attached hydrogen (secondary N) is 1. The third-order valence-corrected chi connectivity index (χ3v) is 2.73. The topological polar surface area (TPSA) is 77.0 Å². The normalized spacial score (nSPS) is 12.7. The lowest BCUT2D eigenvalue weighted by Gasteiger charge is -2.14. The lowest BCUT2D eigenvalue weighted by atomic mass is 10.1. The molecular formula is C9H16N4S. The second kappa shape index (κ2) is 5.85. The van der Waals surface area contributed by atoms with E-state index in [9.17, 15) is 0 Å². The van der Waals surface area contributed by atoms with Crippen LogP contribution >= 0.6 is 11.8 Å². The fraction of sp³-hybridized carbons (Fsp3) is 0.444. The van der Waals surface area contributed by atoms with Crippen LogP contribution < -0.4 is 17.0 Å². The van der Waals surface area contributed by atoms with Gasteiger partial charge in [0.15, 0.2) is 0 Å². The number of nitrogen functional groups attached to an aromatic ring is 1. The fourth-order valence-electron chi connectivity index (χ4n) is 1.26. The summed E-state index contributed by atoms with van der Waals surface area (Å²) in [5, 5.41) is 0. The van der Waals surface area contributed by atoms with Gasteiger partial charge in [-0.25, -0.2) is 4.98 Å². The average molecular weight is 212 g/mol. The summed E-state index contributed by atoms with van der Waals surface area (Å²) in [6, 6.07) is 4.11. The third-order valence-electron chi connectivity index (χ3n) is 2.00. The van der Waals surface area contributed by atoms with Gasteiger partial charge in [-0.3, -0.25) is 11.3 Å². The molecule has 14 heavy (non-hydrogen) atoms. The van der Waals surface area contributed by atoms with Crippen LogP contribution in [0.15, 0.2) is 18.3 Å². The molecule has 5 heteroatoms. The molecule has 1 unspecified atom stereocenters. The number of hydrogen-bond donors (Lipinski definition) is 3. The largest absolute Gasteiger partial charge is 0.383 e. The standard InChI is InChI=1S/C9H16N4S/c1-14-6-8(13-11)5-7-3-2-4-12-9(7)10/h2-4,8,13H,5-6,11H2,1H3,(H2,10,12). The lowest BCUT2D eigenvalue weighted by molar-refractivity contribution is 0.576. The van der Waals surface area contributed by atoms with Crippen LogP contribution in [0.2, 0.25) is 0 Å². The first-order valence-corrected chi connectivity index (χ1v) is 5.81. The number of thioether (sulfide) groups is 1. The van der Waals surface area contributed by atoms with E-state index in [2.05, 4.69) is 16.7 Å². The van der Waals surface area contributed by atoms with Gasteiger partial charge in [0.05, 0.1) is 0 Å². The molecule has 1 aromatic heterocycles. The zero-order valence-corrected chi connectivity index (χ0v) is 9.05. The quantitative estimate of drug-likeness (QED) is 0.486. The molecule has 0 saturated heterocycles. The van der Waals surface area contributed by atoms with Crippen molar-refractivity contribution in [2.24, 2.45) is 5.84 Å². The van der Waals surface area contributed by atoms with Gasteiger partial charge >= 0.3 is 0 Å². The van der Waals surface area contributed by atoms with Gasteiger partial charge in [0.25, 0.3) is 0 Å². The lowest BCUT2D eigenvalue weighted by Crippen LogP contribution is -2.38. The maximum Gasteiger partial charge on any atom is 0.126 e. The monoisotopic (exact) mass is 212 g/mol. The Morgan fingerprint density at radius 1 is 1.64 bits per heavy atom. The van der Waals surface area contributed by atoms with Crippen LogP contribution in [-0.2, 0) is 6.42 Å². The number of rotatable bonds is 5. The van der Waals surface area contributed by atoms with Gasteiger partial charge in [-0.2, -0.15) is 11.8 Å². The molecule has 0 aliphatic carbocycles. The van der Waals surface area contributed by atoms with Crippen molar-refractivity contribution in [3.05, 3.63) is 23.9 Å². The Hall–Kier alpha value is -0.780. The van der Waals surface area contributed by atoms with Gasteiger partial charge in [0, 0.05) is 18.0 Å². The van der Waals surface area contributed by atoms with E-state index >= 15 is 0 Å². The molecule has 78 valence electrons. The van der Waals surface area contributed by atoms with Crippen molar-refractivity contribution < 1.29 is 0 Å².